The van der Waals surface area contributed by atoms with Gasteiger partial charge >= 0.3 is 0 Å². The van der Waals surface area contributed by atoms with Crippen LogP contribution in [0, 0.1) is 5.82 Å². The lowest BCUT2D eigenvalue weighted by molar-refractivity contribution is -0.125. The smallest absolute Gasteiger partial charge is 0.274 e. The van der Waals surface area contributed by atoms with Crippen molar-refractivity contribution in [1.82, 2.24) is 10.4 Å². The van der Waals surface area contributed by atoms with Gasteiger partial charge in [0, 0.05) is 24.2 Å². The zero-order valence-electron chi connectivity index (χ0n) is 19.4. The van der Waals surface area contributed by atoms with Crippen molar-refractivity contribution in [3.8, 4) is 11.5 Å². The van der Waals surface area contributed by atoms with Gasteiger partial charge < -0.3 is 14.4 Å². The maximum Gasteiger partial charge on any atom is 0.274 e. The molecule has 4 rings (SSSR count). The Hall–Kier alpha value is -4.17. The highest BCUT2D eigenvalue weighted by Crippen LogP contribution is 2.31. The van der Waals surface area contributed by atoms with Crippen molar-refractivity contribution in [2.75, 3.05) is 20.8 Å². The Labute approximate surface area is 202 Å². The van der Waals surface area contributed by atoms with Gasteiger partial charge in [-0.2, -0.15) is 0 Å². The summed E-state index contributed by atoms with van der Waals surface area (Å²) in [5.41, 5.74) is 4.75. The second-order valence-corrected chi connectivity index (χ2v) is 8.05. The first kappa shape index (κ1) is 24.0. The van der Waals surface area contributed by atoms with Crippen LogP contribution < -0.4 is 15.0 Å². The Morgan fingerprint density at radius 1 is 1.00 bits per heavy atom. The van der Waals surface area contributed by atoms with E-state index in [1.54, 1.807) is 65.0 Å². The highest BCUT2D eigenvalue weighted by molar-refractivity contribution is 6.24. The molecule has 0 radical (unpaired) electrons. The fourth-order valence-electron chi connectivity index (χ4n) is 4.15. The van der Waals surface area contributed by atoms with Crippen LogP contribution >= 0.6 is 0 Å². The molecule has 1 aliphatic heterocycles. The van der Waals surface area contributed by atoms with E-state index >= 15 is 0 Å². The fourth-order valence-corrected chi connectivity index (χ4v) is 4.15. The second-order valence-electron chi connectivity index (χ2n) is 8.05. The van der Waals surface area contributed by atoms with Crippen molar-refractivity contribution in [1.29, 1.82) is 0 Å². The molecule has 7 nitrogen and oxygen atoms in total. The van der Waals surface area contributed by atoms with Crippen LogP contribution in [0.15, 0.2) is 60.7 Å². The summed E-state index contributed by atoms with van der Waals surface area (Å²) in [6.45, 7) is 0.688. The van der Waals surface area contributed by atoms with Crippen LogP contribution in [0.3, 0.4) is 0 Å². The predicted octanol–water partition coefficient (Wildman–Crippen LogP) is 4.09. The summed E-state index contributed by atoms with van der Waals surface area (Å²) in [7, 11) is 3.05. The van der Waals surface area contributed by atoms with Crippen molar-refractivity contribution in [3.63, 3.8) is 0 Å². The number of carbonyl (C=O) groups excluding carboxylic acids is 2. The summed E-state index contributed by atoms with van der Waals surface area (Å²) in [5.74, 6) is -0.446. The van der Waals surface area contributed by atoms with Gasteiger partial charge in [0.2, 0.25) is 0 Å². The number of hydrogen-bond donors (Lipinski definition) is 2. The highest BCUT2D eigenvalue weighted by atomic mass is 19.1. The number of hydrogen-bond acceptors (Lipinski definition) is 5. The molecule has 1 aliphatic rings. The van der Waals surface area contributed by atoms with Crippen LogP contribution in [-0.4, -0.2) is 42.7 Å². The average molecular weight is 477 g/mol. The van der Waals surface area contributed by atoms with Crippen LogP contribution in [0.25, 0.3) is 11.6 Å². The lowest BCUT2D eigenvalue weighted by Gasteiger charge is -2.30. The summed E-state index contributed by atoms with van der Waals surface area (Å²) < 4.78 is 25.5. The molecule has 3 aromatic carbocycles. The third-order valence-corrected chi connectivity index (χ3v) is 5.98. The molecule has 8 heteroatoms. The third-order valence-electron chi connectivity index (χ3n) is 5.98. The minimum absolute atomic E-state index is 0.187. The van der Waals surface area contributed by atoms with Crippen molar-refractivity contribution in [2.45, 2.75) is 13.0 Å². The number of methoxy groups -OCH3 is 2. The Morgan fingerprint density at radius 2 is 1.77 bits per heavy atom. The summed E-state index contributed by atoms with van der Waals surface area (Å²) in [6.07, 6.45) is 2.22. The molecule has 0 atom stereocenters. The number of fused-ring (bicyclic) bond motifs is 1. The molecule has 0 aromatic heterocycles. The second kappa shape index (κ2) is 10.4. The van der Waals surface area contributed by atoms with Gasteiger partial charge in [0.05, 0.1) is 19.8 Å². The lowest BCUT2D eigenvalue weighted by Crippen LogP contribution is -2.36. The van der Waals surface area contributed by atoms with Crippen molar-refractivity contribution >= 4 is 23.5 Å². The van der Waals surface area contributed by atoms with E-state index in [2.05, 4.69) is 0 Å². The topological polar surface area (TPSA) is 88.1 Å². The first-order chi connectivity index (χ1) is 16.9. The molecule has 0 spiro atoms. The standard InChI is InChI=1S/C27H25FN2O5/c1-34-24-10-7-17(14-25(24)35-2)13-22(21-5-3-4-6-23(21)28)27(32)30-12-11-18-8-9-19(26(31)29-33)15-20(18)16-30/h3-10,13-15,33H,11-12,16H2,1-2H3,(H,29,31)/b22-13+. The monoisotopic (exact) mass is 476 g/mol. The first-order valence-corrected chi connectivity index (χ1v) is 11.0. The summed E-state index contributed by atoms with van der Waals surface area (Å²) in [4.78, 5) is 27.2. The van der Waals surface area contributed by atoms with Gasteiger partial charge in [0.1, 0.15) is 5.82 Å². The quantitative estimate of drug-likeness (QED) is 0.242. The van der Waals surface area contributed by atoms with Gasteiger partial charge in [-0.25, -0.2) is 9.87 Å². The molecular weight excluding hydrogens is 451 g/mol. The number of rotatable bonds is 6. The number of halogens is 1. The summed E-state index contributed by atoms with van der Waals surface area (Å²) in [5, 5.41) is 8.94. The van der Waals surface area contributed by atoms with E-state index in [4.69, 9.17) is 14.7 Å². The Balaban J connectivity index is 1.72. The van der Waals surface area contributed by atoms with E-state index < -0.39 is 11.7 Å². The zero-order chi connectivity index (χ0) is 24.9. The van der Waals surface area contributed by atoms with E-state index in [0.29, 0.717) is 30.0 Å². The Kier molecular flexibility index (Phi) is 7.12. The van der Waals surface area contributed by atoms with E-state index in [0.717, 1.165) is 11.1 Å². The first-order valence-electron chi connectivity index (χ1n) is 11.0. The van der Waals surface area contributed by atoms with Gasteiger partial charge in [-0.3, -0.25) is 14.8 Å². The van der Waals surface area contributed by atoms with Crippen LogP contribution in [-0.2, 0) is 17.8 Å². The van der Waals surface area contributed by atoms with Gasteiger partial charge in [-0.05, 0) is 59.5 Å². The molecule has 0 aliphatic carbocycles. The minimum Gasteiger partial charge on any atom is -0.493 e. The summed E-state index contributed by atoms with van der Waals surface area (Å²) in [6, 6.07) is 16.4. The molecule has 180 valence electrons. The Bertz CT molecular complexity index is 1300. The molecule has 0 saturated heterocycles. The number of hydroxylamine groups is 1. The molecule has 2 amide bonds. The fraction of sp³-hybridized carbons (Fsp3) is 0.185. The molecule has 1 heterocycles. The number of ether oxygens (including phenoxy) is 2. The predicted molar refractivity (Wildman–Crippen MR) is 129 cm³/mol. The van der Waals surface area contributed by atoms with E-state index in [-0.39, 0.29) is 29.2 Å². The molecule has 3 aromatic rings. The Morgan fingerprint density at radius 3 is 2.49 bits per heavy atom. The molecule has 2 N–H and O–H groups in total. The van der Waals surface area contributed by atoms with E-state index in [9.17, 15) is 14.0 Å². The van der Waals surface area contributed by atoms with Gasteiger partial charge in [-0.15, -0.1) is 0 Å². The van der Waals surface area contributed by atoms with Gasteiger partial charge in [-0.1, -0.05) is 30.3 Å². The maximum atomic E-state index is 14.8. The SMILES string of the molecule is COc1ccc(/C=C(/C(=O)N2CCc3ccc(C(=O)NO)cc3C2)c2ccccc2F)cc1OC. The highest BCUT2D eigenvalue weighted by Gasteiger charge is 2.26. The van der Waals surface area contributed by atoms with E-state index in [1.807, 2.05) is 6.07 Å². The lowest BCUT2D eigenvalue weighted by atomic mass is 9.95. The maximum absolute atomic E-state index is 14.8. The average Bonchev–Trinajstić information content (AvgIpc) is 2.90. The molecule has 35 heavy (non-hydrogen) atoms. The molecular formula is C27H25FN2O5. The number of nitrogens with zero attached hydrogens (tertiary/aromatic N) is 1. The summed E-state index contributed by atoms with van der Waals surface area (Å²) >= 11 is 0. The van der Waals surface area contributed by atoms with Crippen molar-refractivity contribution < 1.29 is 28.7 Å². The van der Waals surface area contributed by atoms with E-state index in [1.165, 1.54) is 20.3 Å². The number of carbonyl (C=O) groups is 2. The number of amides is 2. The van der Waals surface area contributed by atoms with Crippen molar-refractivity contribution in [3.05, 3.63) is 94.3 Å². The van der Waals surface area contributed by atoms with Crippen LogP contribution in [0.5, 0.6) is 11.5 Å². The molecule has 0 bridgehead atoms. The van der Waals surface area contributed by atoms with Gasteiger partial charge in [0.15, 0.2) is 11.5 Å². The third kappa shape index (κ3) is 5.02. The van der Waals surface area contributed by atoms with Crippen LogP contribution in [0.4, 0.5) is 4.39 Å². The minimum atomic E-state index is -0.628. The zero-order valence-corrected chi connectivity index (χ0v) is 19.4. The van der Waals surface area contributed by atoms with Crippen LogP contribution in [0.2, 0.25) is 0 Å². The molecule has 0 unspecified atom stereocenters. The molecule has 0 saturated carbocycles. The number of benzene rings is 3. The normalized spacial score (nSPS) is 13.1. The number of nitrogens with one attached hydrogen (secondary N) is 1. The van der Waals surface area contributed by atoms with Crippen LogP contribution in [0.1, 0.15) is 32.6 Å². The van der Waals surface area contributed by atoms with Gasteiger partial charge in [0.25, 0.3) is 11.8 Å². The van der Waals surface area contributed by atoms with Crippen molar-refractivity contribution in [2.24, 2.45) is 0 Å². The largest absolute Gasteiger partial charge is 0.493 e. The molecule has 0 fully saturated rings.